The molecule has 108 valence electrons. The molecule has 2 aromatic rings. The lowest BCUT2D eigenvalue weighted by Gasteiger charge is -2.07. The fourth-order valence-electron chi connectivity index (χ4n) is 1.90. The highest BCUT2D eigenvalue weighted by Gasteiger charge is 2.14. The Hall–Kier alpha value is -1.40. The summed E-state index contributed by atoms with van der Waals surface area (Å²) in [5, 5.41) is 4.02. The predicted molar refractivity (Wildman–Crippen MR) is 80.5 cm³/mol. The zero-order valence-corrected chi connectivity index (χ0v) is 13.2. The summed E-state index contributed by atoms with van der Waals surface area (Å²) in [6.45, 7) is 2.73. The summed E-state index contributed by atoms with van der Waals surface area (Å²) in [6, 6.07) is 5.68. The molecule has 0 aliphatic heterocycles. The molecule has 1 aromatic heterocycles. The molecular formula is C14H18BrN3O2. The first kappa shape index (κ1) is 15.0. The molecule has 0 fully saturated rings. The van der Waals surface area contributed by atoms with Crippen LogP contribution < -0.4 is 10.5 Å². The van der Waals surface area contributed by atoms with Crippen molar-refractivity contribution in [3.05, 3.63) is 28.6 Å². The van der Waals surface area contributed by atoms with E-state index in [0.29, 0.717) is 24.2 Å². The second kappa shape index (κ2) is 6.85. The minimum atomic E-state index is 0.380. The van der Waals surface area contributed by atoms with Crippen LogP contribution in [0.1, 0.15) is 19.2 Å². The van der Waals surface area contributed by atoms with Gasteiger partial charge in [0.15, 0.2) is 0 Å². The number of hydrogen-bond donors (Lipinski definition) is 1. The average molecular weight is 340 g/mol. The minimum Gasteiger partial charge on any atom is -0.496 e. The highest BCUT2D eigenvalue weighted by Crippen LogP contribution is 2.29. The molecule has 1 aromatic carbocycles. The number of rotatable bonds is 6. The van der Waals surface area contributed by atoms with Gasteiger partial charge in [0.05, 0.1) is 11.6 Å². The van der Waals surface area contributed by atoms with Crippen LogP contribution in [0, 0.1) is 5.92 Å². The Balaban J connectivity index is 2.18. The van der Waals surface area contributed by atoms with Crippen molar-refractivity contribution in [1.82, 2.24) is 10.1 Å². The molecule has 2 N–H and O–H groups in total. The summed E-state index contributed by atoms with van der Waals surface area (Å²) < 4.78 is 11.3. The van der Waals surface area contributed by atoms with E-state index in [1.165, 1.54) is 0 Å². The second-order valence-corrected chi connectivity index (χ2v) is 5.43. The van der Waals surface area contributed by atoms with Gasteiger partial charge in [0, 0.05) is 12.0 Å². The van der Waals surface area contributed by atoms with E-state index in [0.717, 1.165) is 28.6 Å². The highest BCUT2D eigenvalue weighted by molar-refractivity contribution is 9.10. The average Bonchev–Trinajstić information content (AvgIpc) is 2.93. The van der Waals surface area contributed by atoms with Crippen LogP contribution in [0.4, 0.5) is 0 Å². The van der Waals surface area contributed by atoms with Gasteiger partial charge in [0.25, 0.3) is 0 Å². The van der Waals surface area contributed by atoms with Crippen LogP contribution in [-0.2, 0) is 6.42 Å². The molecular weight excluding hydrogens is 322 g/mol. The van der Waals surface area contributed by atoms with Crippen molar-refractivity contribution >= 4 is 15.9 Å². The van der Waals surface area contributed by atoms with Crippen LogP contribution in [0.5, 0.6) is 5.75 Å². The Bertz CT molecular complexity index is 567. The minimum absolute atomic E-state index is 0.380. The van der Waals surface area contributed by atoms with Gasteiger partial charge in [-0.2, -0.15) is 4.98 Å². The fraction of sp³-hybridized carbons (Fsp3) is 0.429. The second-order valence-electron chi connectivity index (χ2n) is 4.58. The predicted octanol–water partition coefficient (Wildman–Crippen LogP) is 3.04. The van der Waals surface area contributed by atoms with Gasteiger partial charge in [-0.3, -0.25) is 0 Å². The van der Waals surface area contributed by atoms with Crippen LogP contribution in [0.2, 0.25) is 0 Å². The highest BCUT2D eigenvalue weighted by atomic mass is 79.9. The first-order chi connectivity index (χ1) is 9.67. The van der Waals surface area contributed by atoms with Gasteiger partial charge in [0.2, 0.25) is 11.7 Å². The monoisotopic (exact) mass is 339 g/mol. The van der Waals surface area contributed by atoms with Crippen molar-refractivity contribution in [2.45, 2.75) is 19.8 Å². The molecule has 1 unspecified atom stereocenters. The molecule has 2 rings (SSSR count). The Morgan fingerprint density at radius 1 is 1.45 bits per heavy atom. The number of nitrogens with zero attached hydrogens (tertiary/aromatic N) is 2. The molecule has 0 radical (unpaired) electrons. The summed E-state index contributed by atoms with van der Waals surface area (Å²) in [4.78, 5) is 4.42. The Morgan fingerprint density at radius 2 is 2.25 bits per heavy atom. The maximum absolute atomic E-state index is 5.69. The van der Waals surface area contributed by atoms with Gasteiger partial charge in [0.1, 0.15) is 5.75 Å². The topological polar surface area (TPSA) is 74.2 Å². The van der Waals surface area contributed by atoms with Crippen molar-refractivity contribution in [1.29, 1.82) is 0 Å². The maximum Gasteiger partial charge on any atom is 0.227 e. The van der Waals surface area contributed by atoms with Crippen LogP contribution in [0.15, 0.2) is 27.2 Å². The van der Waals surface area contributed by atoms with Gasteiger partial charge in [-0.1, -0.05) is 18.5 Å². The zero-order valence-electron chi connectivity index (χ0n) is 11.6. The summed E-state index contributed by atoms with van der Waals surface area (Å²) in [5.41, 5.74) is 6.57. The van der Waals surface area contributed by atoms with Crippen LogP contribution in [0.25, 0.3) is 11.4 Å². The third-order valence-corrected chi connectivity index (χ3v) is 3.87. The maximum atomic E-state index is 5.69. The third-order valence-electron chi connectivity index (χ3n) is 3.25. The number of halogens is 1. The van der Waals surface area contributed by atoms with Crippen molar-refractivity contribution in [3.63, 3.8) is 0 Å². The molecule has 0 amide bonds. The van der Waals surface area contributed by atoms with E-state index in [2.05, 4.69) is 33.0 Å². The number of hydrogen-bond acceptors (Lipinski definition) is 5. The number of ether oxygens (including phenoxy) is 1. The van der Waals surface area contributed by atoms with Crippen LogP contribution >= 0.6 is 15.9 Å². The van der Waals surface area contributed by atoms with E-state index >= 15 is 0 Å². The van der Waals surface area contributed by atoms with Gasteiger partial charge in [-0.05, 0) is 46.6 Å². The fourth-order valence-corrected chi connectivity index (χ4v) is 2.44. The van der Waals surface area contributed by atoms with E-state index in [4.69, 9.17) is 15.0 Å². The lowest BCUT2D eigenvalue weighted by molar-refractivity contribution is 0.350. The lowest BCUT2D eigenvalue weighted by Crippen LogP contribution is -2.15. The Kier molecular flexibility index (Phi) is 5.14. The lowest BCUT2D eigenvalue weighted by atomic mass is 10.0. The summed E-state index contributed by atoms with van der Waals surface area (Å²) in [6.07, 6.45) is 1.72. The Morgan fingerprint density at radius 3 is 2.85 bits per heavy atom. The van der Waals surface area contributed by atoms with Gasteiger partial charge in [-0.25, -0.2) is 0 Å². The molecule has 0 aliphatic carbocycles. The van der Waals surface area contributed by atoms with Crippen LogP contribution in [0.3, 0.4) is 0 Å². The quantitative estimate of drug-likeness (QED) is 0.875. The van der Waals surface area contributed by atoms with E-state index in [1.807, 2.05) is 18.2 Å². The van der Waals surface area contributed by atoms with Crippen molar-refractivity contribution in [2.75, 3.05) is 13.7 Å². The van der Waals surface area contributed by atoms with Crippen molar-refractivity contribution in [2.24, 2.45) is 11.7 Å². The number of aromatic nitrogens is 2. The van der Waals surface area contributed by atoms with E-state index in [9.17, 15) is 0 Å². The van der Waals surface area contributed by atoms with Gasteiger partial charge >= 0.3 is 0 Å². The van der Waals surface area contributed by atoms with Gasteiger partial charge < -0.3 is 15.0 Å². The van der Waals surface area contributed by atoms with E-state index in [1.54, 1.807) is 7.11 Å². The SMILES string of the molecule is CCC(CN)Cc1nc(-c2ccc(OC)c(Br)c2)no1. The molecule has 0 aliphatic rings. The van der Waals surface area contributed by atoms with E-state index in [-0.39, 0.29) is 0 Å². The van der Waals surface area contributed by atoms with Crippen LogP contribution in [-0.4, -0.2) is 23.8 Å². The molecule has 1 atom stereocenters. The first-order valence-electron chi connectivity index (χ1n) is 6.54. The number of nitrogens with two attached hydrogens (primary N) is 1. The molecule has 0 saturated carbocycles. The molecule has 0 bridgehead atoms. The first-order valence-corrected chi connectivity index (χ1v) is 7.33. The smallest absolute Gasteiger partial charge is 0.227 e. The zero-order chi connectivity index (χ0) is 14.5. The normalized spacial score (nSPS) is 12.4. The van der Waals surface area contributed by atoms with Crippen molar-refractivity contribution in [3.8, 4) is 17.1 Å². The van der Waals surface area contributed by atoms with Crippen molar-refractivity contribution < 1.29 is 9.26 Å². The molecule has 0 saturated heterocycles. The number of methoxy groups -OCH3 is 1. The third kappa shape index (κ3) is 3.37. The summed E-state index contributed by atoms with van der Waals surface area (Å²) in [7, 11) is 1.63. The molecule has 0 spiro atoms. The van der Waals surface area contributed by atoms with E-state index < -0.39 is 0 Å². The molecule has 1 heterocycles. The summed E-state index contributed by atoms with van der Waals surface area (Å²) >= 11 is 3.45. The molecule has 6 heteroatoms. The largest absolute Gasteiger partial charge is 0.496 e. The Labute approximate surface area is 126 Å². The number of benzene rings is 1. The summed E-state index contributed by atoms with van der Waals surface area (Å²) in [5.74, 6) is 2.36. The van der Waals surface area contributed by atoms with Gasteiger partial charge in [-0.15, -0.1) is 0 Å². The molecule has 5 nitrogen and oxygen atoms in total. The standard InChI is InChI=1S/C14H18BrN3O2/c1-3-9(8-16)6-13-17-14(18-20-13)10-4-5-12(19-2)11(15)7-10/h4-5,7,9H,3,6,8,16H2,1-2H3. The molecule has 20 heavy (non-hydrogen) atoms.